The number of hydrogen-bond donors (Lipinski definition) is 1. The maximum absolute atomic E-state index is 3.76. The molecule has 4 nitrogen and oxygen atoms in total. The average Bonchev–Trinajstić information content (AvgIpc) is 2.18. The number of nitrogens with zero attached hydrogens (tertiary/aromatic N) is 3. The molecule has 4 heteroatoms. The molecule has 0 unspecified atom stereocenters. The number of nitrogens with one attached hydrogen (secondary N) is 1. The first kappa shape index (κ1) is 6.22. The van der Waals surface area contributed by atoms with Gasteiger partial charge in [-0.1, -0.05) is 5.21 Å². The minimum absolute atomic E-state index is 0.823. The van der Waals surface area contributed by atoms with Crippen LogP contribution in [0.2, 0.25) is 0 Å². The first-order chi connectivity index (χ1) is 4.34. The van der Waals surface area contributed by atoms with Crippen molar-refractivity contribution in [3.8, 4) is 0 Å². The van der Waals surface area contributed by atoms with Crippen LogP contribution in [-0.4, -0.2) is 22.0 Å². The van der Waals surface area contributed by atoms with Gasteiger partial charge in [0.2, 0.25) is 0 Å². The van der Waals surface area contributed by atoms with E-state index < -0.39 is 0 Å². The predicted molar refractivity (Wildman–Crippen MR) is 33.8 cm³/mol. The van der Waals surface area contributed by atoms with Gasteiger partial charge in [0.1, 0.15) is 0 Å². The number of hydrogen-bond acceptors (Lipinski definition) is 3. The summed E-state index contributed by atoms with van der Waals surface area (Å²) in [4.78, 5) is 0. The molecule has 9 heavy (non-hydrogen) atoms. The lowest BCUT2D eigenvalue weighted by atomic mass is 10.5. The number of rotatable bonds is 2. The van der Waals surface area contributed by atoms with Gasteiger partial charge in [0, 0.05) is 13.6 Å². The van der Waals surface area contributed by atoms with Crippen LogP contribution in [0.5, 0.6) is 0 Å². The molecular weight excluding hydrogens is 116 g/mol. The van der Waals surface area contributed by atoms with E-state index in [0.29, 0.717) is 0 Å². The van der Waals surface area contributed by atoms with E-state index in [1.54, 1.807) is 10.9 Å². The van der Waals surface area contributed by atoms with Gasteiger partial charge in [-0.2, -0.15) is 0 Å². The second-order valence-electron chi connectivity index (χ2n) is 1.88. The normalized spacial score (nSPS) is 10.0. The Morgan fingerprint density at radius 3 is 3.00 bits per heavy atom. The largest absolute Gasteiger partial charge is 0.314 e. The Balaban J connectivity index is 2.69. The highest BCUT2D eigenvalue weighted by atomic mass is 15.4. The maximum Gasteiger partial charge on any atom is 0.0738 e. The fourth-order valence-corrected chi connectivity index (χ4v) is 0.652. The highest BCUT2D eigenvalue weighted by Crippen LogP contribution is 1.89. The molecule has 0 aliphatic carbocycles. The zero-order chi connectivity index (χ0) is 6.69. The SMILES string of the molecule is CNCc1cnnn1C. The molecule has 0 atom stereocenters. The van der Waals surface area contributed by atoms with Crippen LogP contribution < -0.4 is 5.32 Å². The second kappa shape index (κ2) is 2.59. The van der Waals surface area contributed by atoms with E-state index in [1.807, 2.05) is 14.1 Å². The van der Waals surface area contributed by atoms with Crippen LogP contribution in [0.4, 0.5) is 0 Å². The van der Waals surface area contributed by atoms with E-state index >= 15 is 0 Å². The summed E-state index contributed by atoms with van der Waals surface area (Å²) in [7, 11) is 3.77. The van der Waals surface area contributed by atoms with Crippen molar-refractivity contribution in [3.63, 3.8) is 0 Å². The highest BCUT2D eigenvalue weighted by molar-refractivity contribution is 4.91. The summed E-state index contributed by atoms with van der Waals surface area (Å²) in [6.07, 6.45) is 1.75. The summed E-state index contributed by atoms with van der Waals surface area (Å²) >= 11 is 0. The molecule has 0 saturated heterocycles. The highest BCUT2D eigenvalue weighted by Gasteiger charge is 1.94. The average molecular weight is 126 g/mol. The molecule has 0 radical (unpaired) electrons. The lowest BCUT2D eigenvalue weighted by molar-refractivity contribution is 0.651. The number of aromatic nitrogens is 3. The quantitative estimate of drug-likeness (QED) is 0.582. The molecule has 1 aromatic heterocycles. The molecule has 0 aliphatic rings. The maximum atomic E-state index is 3.76. The van der Waals surface area contributed by atoms with Crippen LogP contribution in [0.1, 0.15) is 5.69 Å². The van der Waals surface area contributed by atoms with Crippen molar-refractivity contribution in [2.75, 3.05) is 7.05 Å². The molecule has 1 N–H and O–H groups in total. The van der Waals surface area contributed by atoms with Gasteiger partial charge in [0.15, 0.2) is 0 Å². The third-order valence-corrected chi connectivity index (χ3v) is 1.17. The van der Waals surface area contributed by atoms with Gasteiger partial charge < -0.3 is 5.32 Å². The molecule has 1 aromatic rings. The molecule has 50 valence electrons. The predicted octanol–water partition coefficient (Wildman–Crippen LogP) is -0.466. The Kier molecular flexibility index (Phi) is 1.79. The Hall–Kier alpha value is -0.900. The Labute approximate surface area is 53.9 Å². The Bertz CT molecular complexity index is 181. The minimum Gasteiger partial charge on any atom is -0.314 e. The third kappa shape index (κ3) is 1.26. The topological polar surface area (TPSA) is 42.7 Å². The molecule has 1 rings (SSSR count). The van der Waals surface area contributed by atoms with E-state index in [1.165, 1.54) is 0 Å². The molecule has 0 aliphatic heterocycles. The van der Waals surface area contributed by atoms with Gasteiger partial charge in [0.25, 0.3) is 0 Å². The van der Waals surface area contributed by atoms with E-state index in [-0.39, 0.29) is 0 Å². The smallest absolute Gasteiger partial charge is 0.0738 e. The molecule has 0 fully saturated rings. The van der Waals surface area contributed by atoms with Crippen LogP contribution in [-0.2, 0) is 13.6 Å². The molecule has 0 spiro atoms. The zero-order valence-corrected chi connectivity index (χ0v) is 5.63. The van der Waals surface area contributed by atoms with Crippen LogP contribution in [0.3, 0.4) is 0 Å². The fourth-order valence-electron chi connectivity index (χ4n) is 0.652. The monoisotopic (exact) mass is 126 g/mol. The van der Waals surface area contributed by atoms with Crippen molar-refractivity contribution >= 4 is 0 Å². The van der Waals surface area contributed by atoms with Crippen molar-refractivity contribution in [1.29, 1.82) is 0 Å². The van der Waals surface area contributed by atoms with Crippen LogP contribution >= 0.6 is 0 Å². The van der Waals surface area contributed by atoms with Crippen LogP contribution in [0.25, 0.3) is 0 Å². The van der Waals surface area contributed by atoms with Crippen molar-refractivity contribution < 1.29 is 0 Å². The van der Waals surface area contributed by atoms with Gasteiger partial charge in [-0.05, 0) is 7.05 Å². The minimum atomic E-state index is 0.823. The number of aryl methyl sites for hydroxylation is 1. The summed E-state index contributed by atoms with van der Waals surface area (Å²) in [6, 6.07) is 0. The second-order valence-corrected chi connectivity index (χ2v) is 1.88. The van der Waals surface area contributed by atoms with Crippen molar-refractivity contribution in [1.82, 2.24) is 20.3 Å². The summed E-state index contributed by atoms with van der Waals surface area (Å²) in [5.41, 5.74) is 1.09. The summed E-state index contributed by atoms with van der Waals surface area (Å²) in [6.45, 7) is 0.823. The Morgan fingerprint density at radius 2 is 2.56 bits per heavy atom. The molecule has 1 heterocycles. The molecule has 0 saturated carbocycles. The van der Waals surface area contributed by atoms with E-state index in [9.17, 15) is 0 Å². The fraction of sp³-hybridized carbons (Fsp3) is 0.600. The van der Waals surface area contributed by atoms with Crippen molar-refractivity contribution in [2.45, 2.75) is 6.54 Å². The summed E-state index contributed by atoms with van der Waals surface area (Å²) in [5, 5.41) is 10.5. The zero-order valence-electron chi connectivity index (χ0n) is 5.63. The summed E-state index contributed by atoms with van der Waals surface area (Å²) in [5.74, 6) is 0. The first-order valence-corrected chi connectivity index (χ1v) is 2.82. The van der Waals surface area contributed by atoms with E-state index in [0.717, 1.165) is 12.2 Å². The van der Waals surface area contributed by atoms with Crippen molar-refractivity contribution in [2.24, 2.45) is 7.05 Å². The van der Waals surface area contributed by atoms with Gasteiger partial charge in [-0.25, -0.2) is 0 Å². The van der Waals surface area contributed by atoms with Crippen LogP contribution in [0.15, 0.2) is 6.20 Å². The lowest BCUT2D eigenvalue weighted by Gasteiger charge is -1.95. The molecule has 0 amide bonds. The summed E-state index contributed by atoms with van der Waals surface area (Å²) < 4.78 is 1.75. The van der Waals surface area contributed by atoms with Crippen molar-refractivity contribution in [3.05, 3.63) is 11.9 Å². The third-order valence-electron chi connectivity index (χ3n) is 1.17. The van der Waals surface area contributed by atoms with Gasteiger partial charge in [-0.15, -0.1) is 5.10 Å². The molecule has 0 bridgehead atoms. The van der Waals surface area contributed by atoms with Gasteiger partial charge in [0.05, 0.1) is 11.9 Å². The van der Waals surface area contributed by atoms with Gasteiger partial charge in [-0.3, -0.25) is 4.68 Å². The van der Waals surface area contributed by atoms with Gasteiger partial charge >= 0.3 is 0 Å². The molecular formula is C5H10N4. The standard InChI is InChI=1S/C5H10N4/c1-6-3-5-4-7-8-9(5)2/h4,6H,3H2,1-2H3. The molecule has 0 aromatic carbocycles. The Morgan fingerprint density at radius 1 is 1.78 bits per heavy atom. The first-order valence-electron chi connectivity index (χ1n) is 2.82. The van der Waals surface area contributed by atoms with Crippen LogP contribution in [0, 0.1) is 0 Å². The van der Waals surface area contributed by atoms with E-state index in [4.69, 9.17) is 0 Å². The lowest BCUT2D eigenvalue weighted by Crippen LogP contribution is -2.09. The van der Waals surface area contributed by atoms with E-state index in [2.05, 4.69) is 15.6 Å².